The topological polar surface area (TPSA) is 90.5 Å². The summed E-state index contributed by atoms with van der Waals surface area (Å²) < 4.78 is 25.1. The van der Waals surface area contributed by atoms with Crippen molar-refractivity contribution in [1.82, 2.24) is 10.6 Å². The number of anilines is 1. The standard InChI is InChI=1S/C25H37N3O2S2.CH4O/c1-24(2,3)15-20-14-21(25(4,5)6)11-10-19(20)17-27-23(31)26-16-18-8-12-22(13-9-18)28-32(7,29)30;1-2/h8-14,28H,15-17H2,1-7H3,(H2,26,27,31);2H,1H3. The summed E-state index contributed by atoms with van der Waals surface area (Å²) >= 11 is 5.47. The highest BCUT2D eigenvalue weighted by Crippen LogP contribution is 2.29. The van der Waals surface area contributed by atoms with Crippen LogP contribution in [0.5, 0.6) is 0 Å². The van der Waals surface area contributed by atoms with Crippen molar-refractivity contribution >= 4 is 33.0 Å². The summed E-state index contributed by atoms with van der Waals surface area (Å²) in [5.41, 5.74) is 5.82. The third-order valence-corrected chi connectivity index (χ3v) is 5.84. The van der Waals surface area contributed by atoms with Crippen molar-refractivity contribution in [3.05, 3.63) is 64.7 Å². The minimum absolute atomic E-state index is 0.113. The first-order valence-electron chi connectivity index (χ1n) is 11.3. The van der Waals surface area contributed by atoms with Gasteiger partial charge in [-0.05, 0) is 63.9 Å². The van der Waals surface area contributed by atoms with E-state index < -0.39 is 10.0 Å². The minimum Gasteiger partial charge on any atom is -0.400 e. The lowest BCUT2D eigenvalue weighted by atomic mass is 9.81. The fraction of sp³-hybridized carbons (Fsp3) is 0.500. The van der Waals surface area contributed by atoms with Gasteiger partial charge >= 0.3 is 0 Å². The number of aliphatic hydroxyl groups is 1. The summed E-state index contributed by atoms with van der Waals surface area (Å²) in [7, 11) is -2.27. The SMILES string of the molecule is CC(C)(C)Cc1cc(C(C)(C)C)ccc1CNC(=S)NCc1ccc(NS(C)(=O)=O)cc1.CO. The van der Waals surface area contributed by atoms with Crippen LogP contribution in [0.2, 0.25) is 0 Å². The molecule has 8 heteroatoms. The van der Waals surface area contributed by atoms with E-state index in [1.807, 2.05) is 12.1 Å². The Morgan fingerprint density at radius 1 is 0.882 bits per heavy atom. The summed E-state index contributed by atoms with van der Waals surface area (Å²) in [4.78, 5) is 0. The van der Waals surface area contributed by atoms with E-state index in [0.29, 0.717) is 23.9 Å². The smallest absolute Gasteiger partial charge is 0.229 e. The van der Waals surface area contributed by atoms with Gasteiger partial charge in [-0.15, -0.1) is 0 Å². The van der Waals surface area contributed by atoms with E-state index in [9.17, 15) is 8.42 Å². The maximum absolute atomic E-state index is 11.3. The molecule has 0 radical (unpaired) electrons. The van der Waals surface area contributed by atoms with Crippen molar-refractivity contribution in [1.29, 1.82) is 0 Å². The Balaban J connectivity index is 0.00000281. The highest BCUT2D eigenvalue weighted by Gasteiger charge is 2.19. The Bertz CT molecular complexity index is 1040. The maximum Gasteiger partial charge on any atom is 0.229 e. The first-order valence-corrected chi connectivity index (χ1v) is 13.6. The first kappa shape index (κ1) is 29.9. The second kappa shape index (κ2) is 12.5. The Morgan fingerprint density at radius 3 is 1.94 bits per heavy atom. The fourth-order valence-corrected chi connectivity index (χ4v) is 4.03. The van der Waals surface area contributed by atoms with Gasteiger partial charge in [-0.1, -0.05) is 71.9 Å². The zero-order valence-corrected chi connectivity index (χ0v) is 23.4. The van der Waals surface area contributed by atoms with Crippen LogP contribution in [0.1, 0.15) is 63.8 Å². The van der Waals surface area contributed by atoms with Gasteiger partial charge in [-0.2, -0.15) is 0 Å². The first-order chi connectivity index (χ1) is 15.6. The molecule has 0 saturated carbocycles. The van der Waals surface area contributed by atoms with Crippen molar-refractivity contribution in [3.8, 4) is 0 Å². The maximum atomic E-state index is 11.3. The van der Waals surface area contributed by atoms with E-state index in [1.54, 1.807) is 12.1 Å². The molecule has 0 aliphatic heterocycles. The Labute approximate surface area is 211 Å². The Kier molecular flexibility index (Phi) is 11.0. The zero-order chi connectivity index (χ0) is 26.2. The van der Waals surface area contributed by atoms with Crippen LogP contribution in [0.15, 0.2) is 42.5 Å². The van der Waals surface area contributed by atoms with Crippen LogP contribution in [0, 0.1) is 5.41 Å². The number of aliphatic hydroxyl groups excluding tert-OH is 1. The quantitative estimate of drug-likeness (QED) is 0.406. The number of hydrogen-bond acceptors (Lipinski definition) is 4. The van der Waals surface area contributed by atoms with Gasteiger partial charge in [0.05, 0.1) is 6.26 Å². The van der Waals surface area contributed by atoms with E-state index in [-0.39, 0.29) is 10.8 Å². The molecule has 190 valence electrons. The molecular weight excluding hydrogens is 466 g/mol. The number of thiocarbonyl (C=S) groups is 1. The normalized spacial score (nSPS) is 11.8. The van der Waals surface area contributed by atoms with Crippen molar-refractivity contribution in [2.24, 2.45) is 5.41 Å². The summed E-state index contributed by atoms with van der Waals surface area (Å²) in [6, 6.07) is 14.0. The van der Waals surface area contributed by atoms with E-state index in [2.05, 4.69) is 75.1 Å². The predicted molar refractivity (Wildman–Crippen MR) is 148 cm³/mol. The second-order valence-electron chi connectivity index (χ2n) is 10.6. The second-order valence-corrected chi connectivity index (χ2v) is 12.7. The molecule has 0 fully saturated rings. The molecule has 2 rings (SSSR count). The average molecular weight is 508 g/mol. The number of nitrogens with one attached hydrogen (secondary N) is 3. The predicted octanol–water partition coefficient (Wildman–Crippen LogP) is 4.72. The Morgan fingerprint density at radius 2 is 1.44 bits per heavy atom. The van der Waals surface area contributed by atoms with Gasteiger partial charge in [-0.3, -0.25) is 4.72 Å². The summed E-state index contributed by atoms with van der Waals surface area (Å²) in [6.45, 7) is 14.7. The van der Waals surface area contributed by atoms with E-state index >= 15 is 0 Å². The monoisotopic (exact) mass is 507 g/mol. The summed E-state index contributed by atoms with van der Waals surface area (Å²) in [6.07, 6.45) is 2.14. The average Bonchev–Trinajstić information content (AvgIpc) is 2.71. The molecule has 0 unspecified atom stereocenters. The molecule has 0 amide bonds. The molecule has 0 heterocycles. The van der Waals surface area contributed by atoms with Crippen LogP contribution >= 0.6 is 12.2 Å². The molecule has 0 aliphatic carbocycles. The number of rotatable bonds is 7. The largest absolute Gasteiger partial charge is 0.400 e. The Hall–Kier alpha value is -2.16. The van der Waals surface area contributed by atoms with Gasteiger partial charge in [0.1, 0.15) is 0 Å². The molecule has 0 atom stereocenters. The fourth-order valence-electron chi connectivity index (χ4n) is 3.33. The lowest BCUT2D eigenvalue weighted by Crippen LogP contribution is -2.34. The number of hydrogen-bond donors (Lipinski definition) is 4. The third kappa shape index (κ3) is 11.3. The minimum atomic E-state index is -3.27. The van der Waals surface area contributed by atoms with Gasteiger partial charge < -0.3 is 15.7 Å². The highest BCUT2D eigenvalue weighted by molar-refractivity contribution is 7.92. The molecule has 2 aromatic carbocycles. The molecule has 0 aromatic heterocycles. The van der Waals surface area contributed by atoms with Crippen molar-refractivity contribution in [2.75, 3.05) is 18.1 Å². The highest BCUT2D eigenvalue weighted by atomic mass is 32.2. The van der Waals surface area contributed by atoms with Crippen LogP contribution in [0.25, 0.3) is 0 Å². The third-order valence-electron chi connectivity index (χ3n) is 4.94. The molecule has 0 saturated heterocycles. The lowest BCUT2D eigenvalue weighted by molar-refractivity contribution is 0.399. The summed E-state index contributed by atoms with van der Waals surface area (Å²) in [5, 5.41) is 14.1. The molecule has 6 nitrogen and oxygen atoms in total. The van der Waals surface area contributed by atoms with Crippen LogP contribution in [0.3, 0.4) is 0 Å². The van der Waals surface area contributed by atoms with E-state index in [1.165, 1.54) is 16.7 Å². The number of benzene rings is 2. The molecule has 0 bridgehead atoms. The molecule has 4 N–H and O–H groups in total. The molecule has 2 aromatic rings. The zero-order valence-electron chi connectivity index (χ0n) is 21.7. The van der Waals surface area contributed by atoms with Crippen LogP contribution in [0.4, 0.5) is 5.69 Å². The van der Waals surface area contributed by atoms with E-state index in [4.69, 9.17) is 17.3 Å². The molecule has 0 aliphatic rings. The van der Waals surface area contributed by atoms with Crippen molar-refractivity contribution in [3.63, 3.8) is 0 Å². The van der Waals surface area contributed by atoms with Gasteiger partial charge in [0.15, 0.2) is 5.11 Å². The van der Waals surface area contributed by atoms with Crippen LogP contribution in [-0.4, -0.2) is 32.0 Å². The van der Waals surface area contributed by atoms with Crippen molar-refractivity contribution in [2.45, 2.75) is 66.5 Å². The van der Waals surface area contributed by atoms with Gasteiger partial charge in [0, 0.05) is 25.9 Å². The van der Waals surface area contributed by atoms with E-state index in [0.717, 1.165) is 25.3 Å². The summed E-state index contributed by atoms with van der Waals surface area (Å²) in [5.74, 6) is 0. The number of sulfonamides is 1. The van der Waals surface area contributed by atoms with Gasteiger partial charge in [0.25, 0.3) is 0 Å². The molecular formula is C26H41N3O3S2. The van der Waals surface area contributed by atoms with Crippen LogP contribution < -0.4 is 15.4 Å². The van der Waals surface area contributed by atoms with Gasteiger partial charge in [0.2, 0.25) is 10.0 Å². The molecule has 0 spiro atoms. The van der Waals surface area contributed by atoms with Crippen molar-refractivity contribution < 1.29 is 13.5 Å². The van der Waals surface area contributed by atoms with Crippen LogP contribution in [-0.2, 0) is 34.9 Å². The van der Waals surface area contributed by atoms with Gasteiger partial charge in [-0.25, -0.2) is 8.42 Å². The molecule has 34 heavy (non-hydrogen) atoms. The lowest BCUT2D eigenvalue weighted by Gasteiger charge is -2.25.